The zero-order valence-electron chi connectivity index (χ0n) is 15.5. The highest BCUT2D eigenvalue weighted by Gasteiger charge is 2.08. The van der Waals surface area contributed by atoms with Crippen LogP contribution >= 0.6 is 11.6 Å². The molecule has 29 heavy (non-hydrogen) atoms. The third-order valence-corrected chi connectivity index (χ3v) is 4.47. The Morgan fingerprint density at radius 1 is 1.10 bits per heavy atom. The standard InChI is InChI=1S/C20H20ClN5O3/c21-16-5-3-15(4-6-16)14-25-19(11-13-23-25)24-20(27)2-1-12-22-17-7-9-18(10-8-17)26(28)29/h3-11,13,22H,1-2,12,14H2,(H,24,27). The summed E-state index contributed by atoms with van der Waals surface area (Å²) in [5.74, 6) is 0.529. The number of nitro benzene ring substituents is 1. The summed E-state index contributed by atoms with van der Waals surface area (Å²) in [5.41, 5.74) is 1.85. The monoisotopic (exact) mass is 413 g/mol. The van der Waals surface area contributed by atoms with Crippen LogP contribution in [-0.2, 0) is 11.3 Å². The van der Waals surface area contributed by atoms with E-state index in [1.54, 1.807) is 29.1 Å². The first-order valence-corrected chi connectivity index (χ1v) is 9.43. The fraction of sp³-hybridized carbons (Fsp3) is 0.200. The maximum atomic E-state index is 12.2. The van der Waals surface area contributed by atoms with Gasteiger partial charge in [-0.2, -0.15) is 5.10 Å². The summed E-state index contributed by atoms with van der Waals surface area (Å²) >= 11 is 5.90. The second-order valence-electron chi connectivity index (χ2n) is 6.38. The summed E-state index contributed by atoms with van der Waals surface area (Å²) in [6.45, 7) is 1.11. The van der Waals surface area contributed by atoms with Crippen molar-refractivity contribution in [2.75, 3.05) is 17.2 Å². The lowest BCUT2D eigenvalue weighted by atomic mass is 10.2. The Morgan fingerprint density at radius 2 is 1.83 bits per heavy atom. The molecule has 0 saturated carbocycles. The summed E-state index contributed by atoms with van der Waals surface area (Å²) < 4.78 is 1.72. The molecule has 1 amide bonds. The molecular weight excluding hydrogens is 394 g/mol. The molecule has 0 aliphatic rings. The van der Waals surface area contributed by atoms with Crippen LogP contribution < -0.4 is 10.6 Å². The van der Waals surface area contributed by atoms with E-state index in [9.17, 15) is 14.9 Å². The number of carbonyl (C=O) groups excluding carboxylic acids is 1. The number of anilines is 2. The van der Waals surface area contributed by atoms with Gasteiger partial charge in [0.1, 0.15) is 5.82 Å². The molecule has 3 rings (SSSR count). The van der Waals surface area contributed by atoms with E-state index in [-0.39, 0.29) is 11.6 Å². The largest absolute Gasteiger partial charge is 0.385 e. The van der Waals surface area contributed by atoms with E-state index >= 15 is 0 Å². The number of hydrogen-bond acceptors (Lipinski definition) is 5. The quantitative estimate of drug-likeness (QED) is 0.309. The summed E-state index contributed by atoms with van der Waals surface area (Å²) in [5, 5.41) is 21.6. The highest BCUT2D eigenvalue weighted by Crippen LogP contribution is 2.16. The Hall–Kier alpha value is -3.39. The van der Waals surface area contributed by atoms with Crippen LogP contribution in [0, 0.1) is 10.1 Å². The number of hydrogen-bond donors (Lipinski definition) is 2. The van der Waals surface area contributed by atoms with Gasteiger partial charge in [-0.05, 0) is 36.2 Å². The van der Waals surface area contributed by atoms with Crippen molar-refractivity contribution in [1.29, 1.82) is 0 Å². The smallest absolute Gasteiger partial charge is 0.269 e. The number of amides is 1. The van der Waals surface area contributed by atoms with Crippen LogP contribution in [0.25, 0.3) is 0 Å². The molecule has 0 aliphatic carbocycles. The van der Waals surface area contributed by atoms with Crippen molar-refractivity contribution in [3.8, 4) is 0 Å². The number of nitrogens with zero attached hydrogens (tertiary/aromatic N) is 3. The molecule has 0 unspecified atom stereocenters. The summed E-state index contributed by atoms with van der Waals surface area (Å²) in [4.78, 5) is 22.4. The number of halogens is 1. The fourth-order valence-electron chi connectivity index (χ4n) is 2.72. The Labute approximate surface area is 172 Å². The van der Waals surface area contributed by atoms with Gasteiger partial charge in [-0.15, -0.1) is 0 Å². The number of carbonyl (C=O) groups is 1. The summed E-state index contributed by atoms with van der Waals surface area (Å²) in [6.07, 6.45) is 2.60. The molecule has 2 aromatic carbocycles. The Kier molecular flexibility index (Phi) is 6.80. The molecule has 2 N–H and O–H groups in total. The minimum absolute atomic E-state index is 0.0464. The van der Waals surface area contributed by atoms with Gasteiger partial charge in [-0.1, -0.05) is 23.7 Å². The van der Waals surface area contributed by atoms with Crippen molar-refractivity contribution in [1.82, 2.24) is 9.78 Å². The predicted molar refractivity (Wildman–Crippen MR) is 112 cm³/mol. The number of non-ortho nitro benzene ring substituents is 1. The van der Waals surface area contributed by atoms with Crippen LogP contribution in [0.5, 0.6) is 0 Å². The van der Waals surface area contributed by atoms with Gasteiger partial charge in [0.2, 0.25) is 5.91 Å². The molecule has 0 aliphatic heterocycles. The molecule has 8 nitrogen and oxygen atoms in total. The Balaban J connectivity index is 1.43. The lowest BCUT2D eigenvalue weighted by Crippen LogP contribution is -2.17. The van der Waals surface area contributed by atoms with Crippen molar-refractivity contribution in [3.05, 3.63) is 81.5 Å². The molecule has 0 fully saturated rings. The second-order valence-corrected chi connectivity index (χ2v) is 6.82. The molecule has 9 heteroatoms. The van der Waals surface area contributed by atoms with Crippen molar-refractivity contribution >= 4 is 34.7 Å². The van der Waals surface area contributed by atoms with Gasteiger partial charge in [0.15, 0.2) is 0 Å². The van der Waals surface area contributed by atoms with Crippen LogP contribution in [0.2, 0.25) is 5.02 Å². The highest BCUT2D eigenvalue weighted by atomic mass is 35.5. The van der Waals surface area contributed by atoms with Crippen LogP contribution in [0.3, 0.4) is 0 Å². The van der Waals surface area contributed by atoms with Crippen molar-refractivity contribution in [3.63, 3.8) is 0 Å². The lowest BCUT2D eigenvalue weighted by Gasteiger charge is -2.10. The maximum Gasteiger partial charge on any atom is 0.269 e. The maximum absolute atomic E-state index is 12.2. The minimum atomic E-state index is -0.439. The predicted octanol–water partition coefficient (Wildman–Crippen LogP) is 4.32. The molecule has 0 saturated heterocycles. The van der Waals surface area contributed by atoms with Gasteiger partial charge >= 0.3 is 0 Å². The van der Waals surface area contributed by atoms with Gasteiger partial charge in [0.25, 0.3) is 5.69 Å². The zero-order valence-corrected chi connectivity index (χ0v) is 16.3. The van der Waals surface area contributed by atoms with E-state index in [1.807, 2.05) is 24.3 Å². The third-order valence-electron chi connectivity index (χ3n) is 4.22. The van der Waals surface area contributed by atoms with Crippen molar-refractivity contribution in [2.24, 2.45) is 0 Å². The number of benzene rings is 2. The summed E-state index contributed by atoms with van der Waals surface area (Å²) in [6, 6.07) is 15.4. The van der Waals surface area contributed by atoms with Crippen molar-refractivity contribution in [2.45, 2.75) is 19.4 Å². The van der Waals surface area contributed by atoms with Gasteiger partial charge in [-0.3, -0.25) is 14.9 Å². The van der Waals surface area contributed by atoms with Gasteiger partial charge in [-0.25, -0.2) is 4.68 Å². The number of rotatable bonds is 9. The number of nitro groups is 1. The fourth-order valence-corrected chi connectivity index (χ4v) is 2.84. The van der Waals surface area contributed by atoms with Crippen molar-refractivity contribution < 1.29 is 9.72 Å². The molecule has 150 valence electrons. The van der Waals surface area contributed by atoms with E-state index in [1.165, 1.54) is 12.1 Å². The van der Waals surface area contributed by atoms with Gasteiger partial charge < -0.3 is 10.6 Å². The normalized spacial score (nSPS) is 10.5. The van der Waals surface area contributed by atoms with E-state index in [0.29, 0.717) is 36.8 Å². The molecule has 0 atom stereocenters. The molecule has 1 aromatic heterocycles. The Bertz CT molecular complexity index is 971. The van der Waals surface area contributed by atoms with E-state index < -0.39 is 4.92 Å². The van der Waals surface area contributed by atoms with Crippen LogP contribution in [0.15, 0.2) is 60.8 Å². The first-order valence-electron chi connectivity index (χ1n) is 9.06. The minimum Gasteiger partial charge on any atom is -0.385 e. The molecular formula is C20H20ClN5O3. The zero-order chi connectivity index (χ0) is 20.6. The molecule has 1 heterocycles. The van der Waals surface area contributed by atoms with E-state index in [4.69, 9.17) is 11.6 Å². The summed E-state index contributed by atoms with van der Waals surface area (Å²) in [7, 11) is 0. The topological polar surface area (TPSA) is 102 Å². The average molecular weight is 414 g/mol. The molecule has 0 bridgehead atoms. The average Bonchev–Trinajstić information content (AvgIpc) is 3.14. The third kappa shape index (κ3) is 6.05. The second kappa shape index (κ2) is 9.70. The van der Waals surface area contributed by atoms with Gasteiger partial charge in [0.05, 0.1) is 17.7 Å². The van der Waals surface area contributed by atoms with Crippen LogP contribution in [0.1, 0.15) is 18.4 Å². The first kappa shape index (κ1) is 20.3. The molecule has 0 radical (unpaired) electrons. The number of nitrogens with one attached hydrogen (secondary N) is 2. The van der Waals surface area contributed by atoms with Gasteiger partial charge in [0, 0.05) is 41.9 Å². The molecule has 3 aromatic rings. The number of aromatic nitrogens is 2. The van der Waals surface area contributed by atoms with Crippen LogP contribution in [-0.4, -0.2) is 27.2 Å². The molecule has 0 spiro atoms. The van der Waals surface area contributed by atoms with Crippen LogP contribution in [0.4, 0.5) is 17.2 Å². The lowest BCUT2D eigenvalue weighted by molar-refractivity contribution is -0.384. The van der Waals surface area contributed by atoms with E-state index in [0.717, 1.165) is 11.3 Å². The Morgan fingerprint density at radius 3 is 2.52 bits per heavy atom. The van der Waals surface area contributed by atoms with E-state index in [2.05, 4.69) is 15.7 Å². The SMILES string of the molecule is O=C(CCCNc1ccc([N+](=O)[O-])cc1)Nc1ccnn1Cc1ccc(Cl)cc1. The first-order chi connectivity index (χ1) is 14.0. The highest BCUT2D eigenvalue weighted by molar-refractivity contribution is 6.30.